The molecule has 4 rings (SSSR count). The first kappa shape index (κ1) is 25.9. The van der Waals surface area contributed by atoms with Crippen molar-refractivity contribution in [3.05, 3.63) is 82.0 Å². The second-order valence-electron chi connectivity index (χ2n) is 9.45. The van der Waals surface area contributed by atoms with E-state index in [1.165, 1.54) is 17.0 Å². The SMILES string of the molecule is CC(C)C[C@H](NC(=O)c1ccc2ccccc2n1)C(=O)N1CC(=O)C(OCc2ccc([N+](=O)[O-])cc2)C1. The van der Waals surface area contributed by atoms with Gasteiger partial charge in [-0.3, -0.25) is 24.5 Å². The summed E-state index contributed by atoms with van der Waals surface area (Å²) < 4.78 is 5.72. The van der Waals surface area contributed by atoms with E-state index in [2.05, 4.69) is 10.3 Å². The number of amides is 2. The van der Waals surface area contributed by atoms with Gasteiger partial charge in [0.2, 0.25) is 5.91 Å². The lowest BCUT2D eigenvalue weighted by atomic mass is 10.0. The van der Waals surface area contributed by atoms with Crippen LogP contribution in [0, 0.1) is 16.0 Å². The molecule has 0 bridgehead atoms. The van der Waals surface area contributed by atoms with Gasteiger partial charge in [-0.25, -0.2) is 4.98 Å². The second-order valence-corrected chi connectivity index (χ2v) is 9.45. The number of hydrogen-bond acceptors (Lipinski definition) is 7. The van der Waals surface area contributed by atoms with Crippen molar-refractivity contribution >= 4 is 34.2 Å². The number of carbonyl (C=O) groups is 3. The minimum absolute atomic E-state index is 0.0328. The molecule has 1 aliphatic heterocycles. The van der Waals surface area contributed by atoms with Crippen molar-refractivity contribution in [2.75, 3.05) is 13.1 Å². The lowest BCUT2D eigenvalue weighted by molar-refractivity contribution is -0.384. The van der Waals surface area contributed by atoms with Crippen molar-refractivity contribution in [3.63, 3.8) is 0 Å². The zero-order valence-electron chi connectivity index (χ0n) is 20.6. The molecule has 10 heteroatoms. The number of nitro groups is 1. The molecule has 1 aliphatic rings. The number of benzene rings is 2. The minimum Gasteiger partial charge on any atom is -0.364 e. The summed E-state index contributed by atoms with van der Waals surface area (Å²) in [4.78, 5) is 55.0. The molecule has 0 spiro atoms. The highest BCUT2D eigenvalue weighted by Gasteiger charge is 2.37. The summed E-state index contributed by atoms with van der Waals surface area (Å²) in [6.07, 6.45) is -0.409. The summed E-state index contributed by atoms with van der Waals surface area (Å²) in [6.45, 7) is 3.94. The van der Waals surface area contributed by atoms with Gasteiger partial charge in [0.1, 0.15) is 17.8 Å². The largest absolute Gasteiger partial charge is 0.364 e. The number of para-hydroxylation sites is 1. The Morgan fingerprint density at radius 2 is 1.86 bits per heavy atom. The molecule has 0 aliphatic carbocycles. The first-order valence-electron chi connectivity index (χ1n) is 12.0. The van der Waals surface area contributed by atoms with E-state index in [1.807, 2.05) is 44.2 Å². The summed E-state index contributed by atoms with van der Waals surface area (Å²) in [5.74, 6) is -0.925. The van der Waals surface area contributed by atoms with Crippen LogP contribution in [0.4, 0.5) is 5.69 Å². The van der Waals surface area contributed by atoms with Crippen LogP contribution in [-0.2, 0) is 20.9 Å². The molecule has 2 amide bonds. The highest BCUT2D eigenvalue weighted by Crippen LogP contribution is 2.18. The van der Waals surface area contributed by atoms with Gasteiger partial charge < -0.3 is 15.0 Å². The average Bonchev–Trinajstić information content (AvgIpc) is 3.26. The summed E-state index contributed by atoms with van der Waals surface area (Å²) in [5.41, 5.74) is 1.53. The Morgan fingerprint density at radius 1 is 1.14 bits per heavy atom. The summed E-state index contributed by atoms with van der Waals surface area (Å²) in [6, 6.07) is 15.9. The molecule has 1 saturated heterocycles. The maximum absolute atomic E-state index is 13.3. The smallest absolute Gasteiger partial charge is 0.270 e. The van der Waals surface area contributed by atoms with Gasteiger partial charge >= 0.3 is 0 Å². The Hall–Kier alpha value is -4.18. The van der Waals surface area contributed by atoms with E-state index in [-0.39, 0.29) is 48.7 Å². The van der Waals surface area contributed by atoms with E-state index in [9.17, 15) is 24.5 Å². The molecule has 0 radical (unpaired) electrons. The normalized spacial score (nSPS) is 16.2. The number of nitrogens with one attached hydrogen (secondary N) is 1. The maximum atomic E-state index is 13.3. The number of carbonyl (C=O) groups excluding carboxylic acids is 3. The van der Waals surface area contributed by atoms with Gasteiger partial charge in [-0.2, -0.15) is 0 Å². The third kappa shape index (κ3) is 6.34. The van der Waals surface area contributed by atoms with E-state index in [0.29, 0.717) is 17.5 Å². The number of Topliss-reactive ketones (excluding diaryl/α,β-unsaturated/α-hetero) is 1. The number of nitro benzene ring substituents is 1. The lowest BCUT2D eigenvalue weighted by Crippen LogP contribution is -2.49. The molecule has 2 aromatic carbocycles. The van der Waals surface area contributed by atoms with Crippen LogP contribution in [0.25, 0.3) is 10.9 Å². The van der Waals surface area contributed by atoms with Gasteiger partial charge in [0.15, 0.2) is 5.78 Å². The van der Waals surface area contributed by atoms with Crippen LogP contribution in [0.15, 0.2) is 60.7 Å². The molecule has 1 N–H and O–H groups in total. The fraction of sp³-hybridized carbons (Fsp3) is 0.333. The molecular formula is C27H28N4O6. The van der Waals surface area contributed by atoms with E-state index >= 15 is 0 Å². The van der Waals surface area contributed by atoms with Crippen molar-refractivity contribution in [3.8, 4) is 0 Å². The predicted octanol–water partition coefficient (Wildman–Crippen LogP) is 3.28. The number of nitrogens with zero attached hydrogens (tertiary/aromatic N) is 3. The number of aromatic nitrogens is 1. The zero-order valence-corrected chi connectivity index (χ0v) is 20.6. The predicted molar refractivity (Wildman–Crippen MR) is 136 cm³/mol. The Balaban J connectivity index is 1.40. The van der Waals surface area contributed by atoms with Crippen molar-refractivity contribution in [2.45, 2.75) is 39.0 Å². The zero-order chi connectivity index (χ0) is 26.5. The third-order valence-electron chi connectivity index (χ3n) is 6.14. The fourth-order valence-corrected chi connectivity index (χ4v) is 4.22. The Morgan fingerprint density at radius 3 is 2.57 bits per heavy atom. The topological polar surface area (TPSA) is 132 Å². The number of pyridine rings is 1. The molecule has 37 heavy (non-hydrogen) atoms. The Labute approximate surface area is 213 Å². The Kier molecular flexibility index (Phi) is 7.88. The number of hydrogen-bond donors (Lipinski definition) is 1. The van der Waals surface area contributed by atoms with E-state index < -0.39 is 23.0 Å². The molecule has 2 heterocycles. The number of rotatable bonds is 9. The number of fused-ring (bicyclic) bond motifs is 1. The van der Waals surface area contributed by atoms with Crippen LogP contribution >= 0.6 is 0 Å². The monoisotopic (exact) mass is 504 g/mol. The molecule has 2 atom stereocenters. The first-order chi connectivity index (χ1) is 17.7. The number of ketones is 1. The van der Waals surface area contributed by atoms with Crippen LogP contribution in [0.1, 0.15) is 36.3 Å². The molecule has 10 nitrogen and oxygen atoms in total. The molecule has 192 valence electrons. The fourth-order valence-electron chi connectivity index (χ4n) is 4.22. The quantitative estimate of drug-likeness (QED) is 0.349. The summed E-state index contributed by atoms with van der Waals surface area (Å²) in [5, 5.41) is 14.5. The van der Waals surface area contributed by atoms with Crippen molar-refractivity contribution in [1.29, 1.82) is 0 Å². The molecule has 1 fully saturated rings. The van der Waals surface area contributed by atoms with E-state index in [0.717, 1.165) is 5.39 Å². The van der Waals surface area contributed by atoms with Crippen LogP contribution in [-0.4, -0.2) is 57.6 Å². The summed E-state index contributed by atoms with van der Waals surface area (Å²) in [7, 11) is 0. The number of non-ortho nitro benzene ring substituents is 1. The maximum Gasteiger partial charge on any atom is 0.270 e. The molecule has 1 unspecified atom stereocenters. The highest BCUT2D eigenvalue weighted by atomic mass is 16.6. The van der Waals surface area contributed by atoms with Gasteiger partial charge in [0, 0.05) is 17.5 Å². The molecule has 3 aromatic rings. The van der Waals surface area contributed by atoms with Crippen LogP contribution in [0.2, 0.25) is 0 Å². The van der Waals surface area contributed by atoms with Crippen molar-refractivity contribution in [1.82, 2.24) is 15.2 Å². The van der Waals surface area contributed by atoms with Gasteiger partial charge in [0.05, 0.1) is 30.1 Å². The molecular weight excluding hydrogens is 476 g/mol. The lowest BCUT2D eigenvalue weighted by Gasteiger charge is -2.25. The molecule has 0 saturated carbocycles. The van der Waals surface area contributed by atoms with Crippen LogP contribution in [0.5, 0.6) is 0 Å². The van der Waals surface area contributed by atoms with Gasteiger partial charge in [-0.05, 0) is 42.2 Å². The van der Waals surface area contributed by atoms with Crippen molar-refractivity contribution in [2.24, 2.45) is 5.92 Å². The number of likely N-dealkylation sites (tertiary alicyclic amines) is 1. The van der Waals surface area contributed by atoms with Crippen molar-refractivity contribution < 1.29 is 24.0 Å². The van der Waals surface area contributed by atoms with Gasteiger partial charge in [0.25, 0.3) is 11.6 Å². The van der Waals surface area contributed by atoms with E-state index in [1.54, 1.807) is 18.2 Å². The second kappa shape index (κ2) is 11.3. The van der Waals surface area contributed by atoms with Crippen LogP contribution < -0.4 is 5.32 Å². The van der Waals surface area contributed by atoms with Gasteiger partial charge in [-0.15, -0.1) is 0 Å². The third-order valence-corrected chi connectivity index (χ3v) is 6.14. The summed E-state index contributed by atoms with van der Waals surface area (Å²) >= 11 is 0. The van der Waals surface area contributed by atoms with Gasteiger partial charge in [-0.1, -0.05) is 38.1 Å². The Bertz CT molecular complexity index is 1320. The highest BCUT2D eigenvalue weighted by molar-refractivity contribution is 5.99. The molecule has 1 aromatic heterocycles. The number of ether oxygens (including phenoxy) is 1. The average molecular weight is 505 g/mol. The van der Waals surface area contributed by atoms with Crippen LogP contribution in [0.3, 0.4) is 0 Å². The minimum atomic E-state index is -0.818. The first-order valence-corrected chi connectivity index (χ1v) is 12.0. The van der Waals surface area contributed by atoms with E-state index in [4.69, 9.17) is 4.74 Å². The standard InChI is InChI=1S/C27H28N4O6/c1-17(2)13-23(29-26(33)22-12-9-19-5-3-4-6-21(19)28-22)27(34)30-14-24(32)25(15-30)37-16-18-7-10-20(11-8-18)31(35)36/h3-12,17,23,25H,13-16H2,1-2H3,(H,29,33)/t23-,25?/m0/s1.